The Hall–Kier alpha value is -2.62. The number of amides is 2. The minimum Gasteiger partial charge on any atom is -0.274 e. The van der Waals surface area contributed by atoms with Crippen molar-refractivity contribution in [2.45, 2.75) is 9.75 Å². The molecule has 29 heavy (non-hydrogen) atoms. The lowest BCUT2D eigenvalue weighted by atomic mass is 9.54. The summed E-state index contributed by atoms with van der Waals surface area (Å²) in [6.07, 6.45) is 0. The fourth-order valence-corrected chi connectivity index (χ4v) is 6.60. The second kappa shape index (κ2) is 5.50. The van der Waals surface area contributed by atoms with Crippen LogP contribution < -0.4 is 4.90 Å². The maximum absolute atomic E-state index is 13.7. The molecule has 3 aliphatic carbocycles. The Labute approximate surface area is 177 Å². The van der Waals surface area contributed by atoms with Gasteiger partial charge in [-0.25, -0.2) is 4.90 Å². The molecule has 0 unspecified atom stereocenters. The summed E-state index contributed by atoms with van der Waals surface area (Å²) in [5.41, 5.74) is 3.80. The molecule has 0 N–H and O–H groups in total. The van der Waals surface area contributed by atoms with Crippen molar-refractivity contribution in [1.82, 2.24) is 0 Å². The van der Waals surface area contributed by atoms with Crippen molar-refractivity contribution < 1.29 is 9.59 Å². The second-order valence-electron chi connectivity index (χ2n) is 7.82. The number of rotatable bonds is 1. The van der Waals surface area contributed by atoms with Crippen molar-refractivity contribution in [2.75, 3.05) is 4.90 Å². The Morgan fingerprint density at radius 1 is 0.586 bits per heavy atom. The summed E-state index contributed by atoms with van der Waals surface area (Å²) < 4.78 is 0. The largest absolute Gasteiger partial charge is 0.274 e. The summed E-state index contributed by atoms with van der Waals surface area (Å²) >= 11 is 14.8. The molecule has 7 rings (SSSR count). The van der Waals surface area contributed by atoms with Crippen LogP contribution in [0, 0.1) is 11.8 Å². The number of carbonyl (C=O) groups is 2. The van der Waals surface area contributed by atoms with Gasteiger partial charge in [0.1, 0.15) is 9.75 Å². The van der Waals surface area contributed by atoms with Gasteiger partial charge in [0.25, 0.3) is 0 Å². The summed E-state index contributed by atoms with van der Waals surface area (Å²) in [4.78, 5) is 26.3. The van der Waals surface area contributed by atoms with Gasteiger partial charge in [0.15, 0.2) is 0 Å². The van der Waals surface area contributed by atoms with Gasteiger partial charge in [-0.15, -0.1) is 23.2 Å². The van der Waals surface area contributed by atoms with Crippen LogP contribution in [0.25, 0.3) is 0 Å². The molecule has 2 amide bonds. The molecule has 3 aromatic rings. The first-order valence-electron chi connectivity index (χ1n) is 9.51. The van der Waals surface area contributed by atoms with Gasteiger partial charge in [-0.1, -0.05) is 66.7 Å². The number of hydrogen-bond acceptors (Lipinski definition) is 2. The number of benzene rings is 3. The molecule has 0 spiro atoms. The first-order chi connectivity index (χ1) is 14.0. The predicted octanol–water partition coefficient (Wildman–Crippen LogP) is 4.78. The lowest BCUT2D eigenvalue weighted by Gasteiger charge is -2.54. The molecular weight excluding hydrogens is 405 g/mol. The number of imide groups is 1. The molecule has 2 bridgehead atoms. The lowest BCUT2D eigenvalue weighted by molar-refractivity contribution is -0.122. The smallest absolute Gasteiger partial charge is 0.240 e. The number of nitrogens with zero attached hydrogens (tertiary/aromatic N) is 1. The van der Waals surface area contributed by atoms with Crippen LogP contribution in [0.15, 0.2) is 78.9 Å². The van der Waals surface area contributed by atoms with Crippen LogP contribution in [0.2, 0.25) is 0 Å². The zero-order valence-corrected chi connectivity index (χ0v) is 16.7. The van der Waals surface area contributed by atoms with Crippen molar-refractivity contribution in [3.8, 4) is 0 Å². The average molecular weight is 420 g/mol. The Balaban J connectivity index is 1.69. The second-order valence-corrected chi connectivity index (χ2v) is 9.01. The third-order valence-electron chi connectivity index (χ3n) is 6.60. The summed E-state index contributed by atoms with van der Waals surface area (Å²) in [5.74, 6) is -2.12. The molecule has 3 nitrogen and oxygen atoms in total. The monoisotopic (exact) mass is 419 g/mol. The minimum absolute atomic E-state index is 0.296. The first kappa shape index (κ1) is 17.3. The molecule has 2 atom stereocenters. The molecular formula is C24H15Cl2NO2. The Morgan fingerprint density at radius 2 is 0.931 bits per heavy atom. The molecule has 142 valence electrons. The zero-order valence-electron chi connectivity index (χ0n) is 15.2. The van der Waals surface area contributed by atoms with Gasteiger partial charge >= 0.3 is 0 Å². The number of hydrogen-bond donors (Lipinski definition) is 0. The summed E-state index contributed by atoms with van der Waals surface area (Å²) in [6.45, 7) is 0. The SMILES string of the molecule is O=C1[C@H]2[C@H](C(=O)N1c1ccccc1)C1(Cl)c3ccccc3C2(Cl)c2ccccc21. The first-order valence-corrected chi connectivity index (χ1v) is 10.3. The topological polar surface area (TPSA) is 37.4 Å². The standard InChI is InChI=1S/C24H15Cl2NO2/c25-23-15-10-4-5-11-16(15)24(26,18-13-7-6-12-17(18)23)20-19(23)21(28)27(22(20)29)14-8-2-1-3-9-14/h1-13,19-20H/t19-,20-,23?,24?/m1/s1. The molecule has 5 heteroatoms. The molecule has 3 aromatic carbocycles. The van der Waals surface area contributed by atoms with Crippen molar-refractivity contribution in [1.29, 1.82) is 0 Å². The van der Waals surface area contributed by atoms with Crippen LogP contribution in [0.5, 0.6) is 0 Å². The number of para-hydroxylation sites is 1. The molecule has 0 radical (unpaired) electrons. The van der Waals surface area contributed by atoms with E-state index in [1.54, 1.807) is 12.1 Å². The van der Waals surface area contributed by atoms with Crippen LogP contribution in [0.3, 0.4) is 0 Å². The van der Waals surface area contributed by atoms with Crippen LogP contribution >= 0.6 is 23.2 Å². The van der Waals surface area contributed by atoms with Crippen LogP contribution in [-0.2, 0) is 19.3 Å². The summed E-state index contributed by atoms with van der Waals surface area (Å²) in [7, 11) is 0. The molecule has 1 heterocycles. The van der Waals surface area contributed by atoms with E-state index in [4.69, 9.17) is 23.2 Å². The van der Waals surface area contributed by atoms with E-state index in [1.807, 2.05) is 66.7 Å². The van der Waals surface area contributed by atoms with Crippen LogP contribution in [-0.4, -0.2) is 11.8 Å². The highest BCUT2D eigenvalue weighted by Gasteiger charge is 2.73. The normalized spacial score (nSPS) is 31.4. The van der Waals surface area contributed by atoms with E-state index in [2.05, 4.69) is 0 Å². The predicted molar refractivity (Wildman–Crippen MR) is 112 cm³/mol. The molecule has 4 aliphatic rings. The van der Waals surface area contributed by atoms with E-state index >= 15 is 0 Å². The third-order valence-corrected chi connectivity index (χ3v) is 7.88. The Morgan fingerprint density at radius 3 is 1.31 bits per heavy atom. The van der Waals surface area contributed by atoms with E-state index in [0.29, 0.717) is 5.69 Å². The van der Waals surface area contributed by atoms with Gasteiger partial charge in [0.05, 0.1) is 17.5 Å². The minimum atomic E-state index is -1.13. The Bertz CT molecular complexity index is 1080. The van der Waals surface area contributed by atoms with E-state index in [1.165, 1.54) is 4.90 Å². The van der Waals surface area contributed by atoms with Gasteiger partial charge in [-0.2, -0.15) is 0 Å². The number of anilines is 1. The molecule has 1 saturated heterocycles. The lowest BCUT2D eigenvalue weighted by Crippen LogP contribution is -2.57. The fraction of sp³-hybridized carbons (Fsp3) is 0.167. The van der Waals surface area contributed by atoms with Gasteiger partial charge in [0, 0.05) is 0 Å². The maximum Gasteiger partial charge on any atom is 0.240 e. The zero-order chi connectivity index (χ0) is 20.0. The van der Waals surface area contributed by atoms with Crippen LogP contribution in [0.1, 0.15) is 22.3 Å². The van der Waals surface area contributed by atoms with Crippen molar-refractivity contribution in [3.05, 3.63) is 101 Å². The van der Waals surface area contributed by atoms with E-state index < -0.39 is 21.6 Å². The van der Waals surface area contributed by atoms with Gasteiger partial charge < -0.3 is 0 Å². The van der Waals surface area contributed by atoms with Crippen molar-refractivity contribution >= 4 is 40.7 Å². The van der Waals surface area contributed by atoms with E-state index in [-0.39, 0.29) is 11.8 Å². The number of halogens is 2. The highest BCUT2D eigenvalue weighted by molar-refractivity contribution is 6.38. The fourth-order valence-electron chi connectivity index (χ4n) is 5.50. The van der Waals surface area contributed by atoms with Gasteiger partial charge in [0.2, 0.25) is 11.8 Å². The van der Waals surface area contributed by atoms with E-state index in [0.717, 1.165) is 22.3 Å². The molecule has 1 aliphatic heterocycles. The summed E-state index contributed by atoms with van der Waals surface area (Å²) in [5, 5.41) is 0. The maximum atomic E-state index is 13.7. The van der Waals surface area contributed by atoms with Gasteiger partial charge in [-0.05, 0) is 34.4 Å². The van der Waals surface area contributed by atoms with Crippen molar-refractivity contribution in [2.24, 2.45) is 11.8 Å². The van der Waals surface area contributed by atoms with Crippen molar-refractivity contribution in [3.63, 3.8) is 0 Å². The van der Waals surface area contributed by atoms with E-state index in [9.17, 15) is 9.59 Å². The third kappa shape index (κ3) is 1.82. The average Bonchev–Trinajstić information content (AvgIpc) is 3.04. The summed E-state index contributed by atoms with van der Waals surface area (Å²) in [6, 6.07) is 24.3. The highest BCUT2D eigenvalue weighted by atomic mass is 35.5. The van der Waals surface area contributed by atoms with Gasteiger partial charge in [-0.3, -0.25) is 9.59 Å². The highest BCUT2D eigenvalue weighted by Crippen LogP contribution is 2.69. The Kier molecular flexibility index (Phi) is 3.27. The molecule has 1 fully saturated rings. The number of alkyl halides is 2. The van der Waals surface area contributed by atoms with Crippen LogP contribution in [0.4, 0.5) is 5.69 Å². The quantitative estimate of drug-likeness (QED) is 0.420. The number of carbonyl (C=O) groups excluding carboxylic acids is 2. The molecule has 0 saturated carbocycles. The molecule has 0 aromatic heterocycles.